The number of carbonyl (C=O) groups is 3. The standard InChI is InChI=1S/C26H31FN2O5S/c1-34-19-6-7-20-15(13-19)9-10-29(25(31)16-11-17(12-16)26(32)33)23(20)24(30)28-18-5-8-22(21(27)14-18)35(2,3)4/h5-8,13-14,16-17,23H,9-12H2,1-4H3,(H,28,30)(H,32,33)/t16?,17?,23-/m1/s1. The molecule has 2 aromatic carbocycles. The molecule has 1 heterocycles. The monoisotopic (exact) mass is 502 g/mol. The van der Waals surface area contributed by atoms with Gasteiger partial charge in [0, 0.05) is 23.0 Å². The Labute approximate surface area is 206 Å². The molecule has 1 atom stereocenters. The lowest BCUT2D eigenvalue weighted by atomic mass is 9.73. The van der Waals surface area contributed by atoms with Gasteiger partial charge in [-0.1, -0.05) is 6.07 Å². The smallest absolute Gasteiger partial charge is 0.306 e. The van der Waals surface area contributed by atoms with Crippen LogP contribution in [0, 0.1) is 17.7 Å². The number of halogens is 1. The maximum atomic E-state index is 14.8. The van der Waals surface area contributed by atoms with Gasteiger partial charge in [0.25, 0.3) is 5.91 Å². The molecule has 2 aliphatic rings. The van der Waals surface area contributed by atoms with Crippen molar-refractivity contribution in [2.24, 2.45) is 11.8 Å². The van der Waals surface area contributed by atoms with Gasteiger partial charge in [-0.2, -0.15) is 0 Å². The highest BCUT2D eigenvalue weighted by molar-refractivity contribution is 8.32. The number of methoxy groups -OCH3 is 1. The topological polar surface area (TPSA) is 95.9 Å². The average Bonchev–Trinajstić information content (AvgIpc) is 2.75. The second-order valence-corrected chi connectivity index (χ2v) is 14.0. The predicted octanol–water partition coefficient (Wildman–Crippen LogP) is 4.06. The highest BCUT2D eigenvalue weighted by Crippen LogP contribution is 2.47. The van der Waals surface area contributed by atoms with Gasteiger partial charge in [-0.25, -0.2) is 14.4 Å². The molecule has 0 radical (unpaired) electrons. The van der Waals surface area contributed by atoms with Crippen LogP contribution >= 0.6 is 10.0 Å². The second-order valence-electron chi connectivity index (χ2n) is 9.92. The van der Waals surface area contributed by atoms with Crippen LogP contribution in [0.2, 0.25) is 0 Å². The summed E-state index contributed by atoms with van der Waals surface area (Å²) in [6, 6.07) is 9.19. The molecule has 7 nitrogen and oxygen atoms in total. The van der Waals surface area contributed by atoms with Crippen LogP contribution in [0.15, 0.2) is 41.3 Å². The molecule has 1 aliphatic carbocycles. The maximum absolute atomic E-state index is 14.8. The van der Waals surface area contributed by atoms with E-state index in [0.29, 0.717) is 34.9 Å². The fourth-order valence-corrected chi connectivity index (χ4v) is 5.91. The summed E-state index contributed by atoms with van der Waals surface area (Å²) in [5.74, 6) is -2.21. The Morgan fingerprint density at radius 3 is 2.40 bits per heavy atom. The molecule has 1 fully saturated rings. The number of hydrogen-bond donors (Lipinski definition) is 2. The van der Waals surface area contributed by atoms with Crippen LogP contribution in [-0.2, 0) is 20.8 Å². The molecule has 2 N–H and O–H groups in total. The van der Waals surface area contributed by atoms with Crippen LogP contribution in [-0.4, -0.2) is 60.2 Å². The van der Waals surface area contributed by atoms with E-state index in [2.05, 4.69) is 5.32 Å². The highest BCUT2D eigenvalue weighted by atomic mass is 32.3. The largest absolute Gasteiger partial charge is 0.497 e. The summed E-state index contributed by atoms with van der Waals surface area (Å²) in [7, 11) is 0.290. The van der Waals surface area contributed by atoms with E-state index in [9.17, 15) is 23.9 Å². The van der Waals surface area contributed by atoms with Gasteiger partial charge >= 0.3 is 5.97 Å². The van der Waals surface area contributed by atoms with Crippen LogP contribution in [0.5, 0.6) is 5.75 Å². The van der Waals surface area contributed by atoms with Crippen LogP contribution in [0.4, 0.5) is 10.1 Å². The Morgan fingerprint density at radius 1 is 1.09 bits per heavy atom. The number of rotatable bonds is 6. The first-order chi connectivity index (χ1) is 16.5. The molecule has 2 amide bonds. The summed E-state index contributed by atoms with van der Waals surface area (Å²) in [6.07, 6.45) is 7.09. The molecule has 188 valence electrons. The number of anilines is 1. The lowest BCUT2D eigenvalue weighted by Gasteiger charge is -2.41. The lowest BCUT2D eigenvalue weighted by molar-refractivity contribution is -0.154. The van der Waals surface area contributed by atoms with E-state index < -0.39 is 39.8 Å². The zero-order valence-corrected chi connectivity index (χ0v) is 21.2. The Kier molecular flexibility index (Phi) is 6.81. The van der Waals surface area contributed by atoms with Gasteiger partial charge in [-0.3, -0.25) is 14.4 Å². The molecule has 0 aromatic heterocycles. The number of ether oxygens (including phenoxy) is 1. The molecular weight excluding hydrogens is 471 g/mol. The van der Waals surface area contributed by atoms with Crippen LogP contribution in [0.3, 0.4) is 0 Å². The number of carboxylic acid groups (broad SMARTS) is 1. The number of carbonyl (C=O) groups excluding carboxylic acids is 2. The van der Waals surface area contributed by atoms with E-state index >= 15 is 0 Å². The second kappa shape index (κ2) is 9.53. The van der Waals surface area contributed by atoms with Crippen molar-refractivity contribution in [1.29, 1.82) is 0 Å². The number of aliphatic carboxylic acids is 1. The number of fused-ring (bicyclic) bond motifs is 1. The minimum absolute atomic E-state index is 0.220. The Bertz CT molecular complexity index is 1170. The van der Waals surface area contributed by atoms with Gasteiger partial charge < -0.3 is 20.1 Å². The molecular formula is C26H31FN2O5S. The first kappa shape index (κ1) is 25.0. The van der Waals surface area contributed by atoms with Crippen molar-refractivity contribution in [3.05, 3.63) is 53.3 Å². The zero-order valence-electron chi connectivity index (χ0n) is 20.3. The summed E-state index contributed by atoms with van der Waals surface area (Å²) in [5.41, 5.74) is 1.92. The van der Waals surface area contributed by atoms with E-state index in [1.54, 1.807) is 31.4 Å². The highest BCUT2D eigenvalue weighted by Gasteiger charge is 2.44. The molecule has 0 bridgehead atoms. The number of nitrogens with zero attached hydrogens (tertiary/aromatic N) is 1. The number of hydrogen-bond acceptors (Lipinski definition) is 4. The first-order valence-electron chi connectivity index (χ1n) is 11.5. The van der Waals surface area contributed by atoms with Crippen molar-refractivity contribution in [2.75, 3.05) is 37.7 Å². The van der Waals surface area contributed by atoms with Crippen LogP contribution < -0.4 is 10.1 Å². The molecule has 0 unspecified atom stereocenters. The van der Waals surface area contributed by atoms with Gasteiger partial charge in [0.2, 0.25) is 5.91 Å². The van der Waals surface area contributed by atoms with E-state index in [-0.39, 0.29) is 24.6 Å². The lowest BCUT2D eigenvalue weighted by Crippen LogP contribution is -2.50. The molecule has 9 heteroatoms. The van der Waals surface area contributed by atoms with Crippen molar-refractivity contribution in [2.45, 2.75) is 30.2 Å². The Morgan fingerprint density at radius 2 is 1.80 bits per heavy atom. The minimum Gasteiger partial charge on any atom is -0.497 e. The zero-order chi connectivity index (χ0) is 25.5. The number of carboxylic acids is 1. The van der Waals surface area contributed by atoms with Gasteiger partial charge in [0.15, 0.2) is 0 Å². The molecule has 1 saturated carbocycles. The minimum atomic E-state index is -1.28. The number of nitrogens with one attached hydrogen (secondary N) is 1. The summed E-state index contributed by atoms with van der Waals surface area (Å²) in [4.78, 5) is 40.2. The van der Waals surface area contributed by atoms with Crippen molar-refractivity contribution in [3.63, 3.8) is 0 Å². The first-order valence-corrected chi connectivity index (χ1v) is 14.3. The molecule has 0 saturated heterocycles. The van der Waals surface area contributed by atoms with Crippen LogP contribution in [0.25, 0.3) is 0 Å². The predicted molar refractivity (Wildman–Crippen MR) is 134 cm³/mol. The van der Waals surface area contributed by atoms with Gasteiger partial charge in [0.05, 0.1) is 13.0 Å². The fraction of sp³-hybridized carbons (Fsp3) is 0.423. The third-order valence-electron chi connectivity index (χ3n) is 6.81. The number of benzene rings is 2. The maximum Gasteiger partial charge on any atom is 0.306 e. The third-order valence-corrected chi connectivity index (χ3v) is 8.46. The Balaban J connectivity index is 1.62. The van der Waals surface area contributed by atoms with Crippen molar-refractivity contribution >= 4 is 33.5 Å². The number of amides is 2. The van der Waals surface area contributed by atoms with E-state index in [4.69, 9.17) is 4.74 Å². The van der Waals surface area contributed by atoms with Crippen molar-refractivity contribution in [1.82, 2.24) is 4.90 Å². The Hall–Kier alpha value is -3.07. The van der Waals surface area contributed by atoms with Crippen LogP contribution in [0.1, 0.15) is 30.0 Å². The van der Waals surface area contributed by atoms with Gasteiger partial charge in [-0.05, 0) is 79.5 Å². The molecule has 0 spiro atoms. The van der Waals surface area contributed by atoms with Gasteiger partial charge in [-0.15, -0.1) is 0 Å². The molecule has 4 rings (SSSR count). The van der Waals surface area contributed by atoms with E-state index in [0.717, 1.165) is 5.56 Å². The quantitative estimate of drug-likeness (QED) is 0.621. The van der Waals surface area contributed by atoms with E-state index in [1.807, 2.05) is 24.8 Å². The summed E-state index contributed by atoms with van der Waals surface area (Å²) >= 11 is 0. The fourth-order valence-electron chi connectivity index (χ4n) is 4.79. The summed E-state index contributed by atoms with van der Waals surface area (Å²) in [5, 5.41) is 12.0. The molecule has 1 aliphatic heterocycles. The summed E-state index contributed by atoms with van der Waals surface area (Å²) < 4.78 is 20.1. The SMILES string of the molecule is COc1ccc2c(c1)CCN(C(=O)C1CC(C(=O)O)C1)[C@H]2C(=O)Nc1ccc(S(C)(C)C)c(F)c1. The van der Waals surface area contributed by atoms with Crippen molar-refractivity contribution in [3.8, 4) is 5.75 Å². The molecule has 35 heavy (non-hydrogen) atoms. The molecule has 2 aromatic rings. The van der Waals surface area contributed by atoms with Crippen molar-refractivity contribution < 1.29 is 28.6 Å². The summed E-state index contributed by atoms with van der Waals surface area (Å²) in [6.45, 7) is 0.325. The van der Waals surface area contributed by atoms with Gasteiger partial charge in [0.1, 0.15) is 17.6 Å². The normalized spacial score (nSPS) is 22.0. The third kappa shape index (κ3) is 5.00. The average molecular weight is 503 g/mol. The van der Waals surface area contributed by atoms with E-state index in [1.165, 1.54) is 11.0 Å².